The van der Waals surface area contributed by atoms with Gasteiger partial charge in [0, 0.05) is 18.0 Å². The highest BCUT2D eigenvalue weighted by molar-refractivity contribution is 5.56. The summed E-state index contributed by atoms with van der Waals surface area (Å²) in [6, 6.07) is 9.42. The van der Waals surface area contributed by atoms with Gasteiger partial charge >= 0.3 is 0 Å². The molecule has 0 aliphatic carbocycles. The second kappa shape index (κ2) is 6.13. The average Bonchev–Trinajstić information content (AvgIpc) is 2.96. The van der Waals surface area contributed by atoms with Gasteiger partial charge in [-0.1, -0.05) is 0 Å². The van der Waals surface area contributed by atoms with Crippen molar-refractivity contribution in [2.45, 2.75) is 20.0 Å². The summed E-state index contributed by atoms with van der Waals surface area (Å²) in [4.78, 5) is 8.70. The van der Waals surface area contributed by atoms with Gasteiger partial charge in [0.2, 0.25) is 0 Å². The van der Waals surface area contributed by atoms with Crippen LogP contribution in [0.4, 0.5) is 15.9 Å². The van der Waals surface area contributed by atoms with E-state index < -0.39 is 6.10 Å². The first-order valence-electron chi connectivity index (χ1n) is 7.13. The van der Waals surface area contributed by atoms with E-state index in [0.717, 1.165) is 5.69 Å². The molecule has 0 aliphatic rings. The molecule has 2 N–H and O–H groups in total. The number of rotatable bonds is 4. The molecule has 2 heterocycles. The summed E-state index contributed by atoms with van der Waals surface area (Å²) in [5.74, 6) is 0.530. The lowest BCUT2D eigenvalue weighted by atomic mass is 10.2. The minimum Gasteiger partial charge on any atom is -0.387 e. The molecule has 7 heteroatoms. The predicted octanol–water partition coefficient (Wildman–Crippen LogP) is 2.91. The lowest BCUT2D eigenvalue weighted by molar-refractivity contribution is 0.194. The van der Waals surface area contributed by atoms with Crippen molar-refractivity contribution in [2.75, 3.05) is 5.32 Å². The summed E-state index contributed by atoms with van der Waals surface area (Å²) < 4.78 is 14.5. The first-order valence-corrected chi connectivity index (χ1v) is 7.13. The van der Waals surface area contributed by atoms with Crippen LogP contribution in [0.1, 0.15) is 24.4 Å². The number of aromatic nitrogens is 4. The maximum atomic E-state index is 13.0. The predicted molar refractivity (Wildman–Crippen MR) is 84.2 cm³/mol. The summed E-state index contributed by atoms with van der Waals surface area (Å²) in [7, 11) is 0. The zero-order valence-corrected chi connectivity index (χ0v) is 12.7. The number of aliphatic hydroxyl groups excluding tert-OH is 1. The van der Waals surface area contributed by atoms with Gasteiger partial charge < -0.3 is 10.4 Å². The minimum absolute atomic E-state index is 0.310. The molecule has 0 aliphatic heterocycles. The number of benzene rings is 1. The number of nitrogens with one attached hydrogen (secondary N) is 1. The molecule has 0 spiro atoms. The molecule has 0 bridgehead atoms. The van der Waals surface area contributed by atoms with E-state index in [1.54, 1.807) is 31.3 Å². The summed E-state index contributed by atoms with van der Waals surface area (Å²) in [6.45, 7) is 3.49. The molecule has 1 aromatic carbocycles. The molecular formula is C16H16FN5O. The van der Waals surface area contributed by atoms with Gasteiger partial charge in [0.15, 0.2) is 0 Å². The second-order valence-corrected chi connectivity index (χ2v) is 5.19. The van der Waals surface area contributed by atoms with E-state index in [0.29, 0.717) is 23.1 Å². The Kier molecular flexibility index (Phi) is 4.03. The number of anilines is 2. The van der Waals surface area contributed by atoms with Gasteiger partial charge in [0.05, 0.1) is 17.5 Å². The van der Waals surface area contributed by atoms with Gasteiger partial charge in [-0.05, 0) is 44.2 Å². The van der Waals surface area contributed by atoms with Crippen LogP contribution < -0.4 is 5.32 Å². The van der Waals surface area contributed by atoms with Crippen LogP contribution in [0.25, 0.3) is 5.95 Å². The largest absolute Gasteiger partial charge is 0.387 e. The van der Waals surface area contributed by atoms with Crippen molar-refractivity contribution in [3.05, 3.63) is 59.8 Å². The fourth-order valence-electron chi connectivity index (χ4n) is 2.04. The lowest BCUT2D eigenvalue weighted by Gasteiger charge is -2.11. The molecular weight excluding hydrogens is 297 g/mol. The fourth-order valence-corrected chi connectivity index (χ4v) is 2.04. The highest BCUT2D eigenvalue weighted by Gasteiger charge is 2.11. The second-order valence-electron chi connectivity index (χ2n) is 5.19. The third-order valence-electron chi connectivity index (χ3n) is 3.21. The van der Waals surface area contributed by atoms with E-state index in [1.165, 1.54) is 16.8 Å². The van der Waals surface area contributed by atoms with E-state index in [1.807, 2.05) is 13.0 Å². The molecule has 0 saturated carbocycles. The molecule has 2 aromatic heterocycles. The van der Waals surface area contributed by atoms with Crippen LogP contribution in [0.3, 0.4) is 0 Å². The monoisotopic (exact) mass is 313 g/mol. The first kappa shape index (κ1) is 15.1. The van der Waals surface area contributed by atoms with Crippen molar-refractivity contribution in [3.8, 4) is 5.95 Å². The number of aryl methyl sites for hydroxylation is 1. The highest BCUT2D eigenvalue weighted by Crippen LogP contribution is 2.20. The normalized spacial score (nSPS) is 12.2. The van der Waals surface area contributed by atoms with Crippen molar-refractivity contribution >= 4 is 11.5 Å². The third-order valence-corrected chi connectivity index (χ3v) is 3.21. The van der Waals surface area contributed by atoms with E-state index >= 15 is 0 Å². The molecule has 0 radical (unpaired) electrons. The number of aliphatic hydroxyl groups is 1. The molecule has 0 fully saturated rings. The Hall–Kier alpha value is -2.80. The molecule has 0 saturated heterocycles. The van der Waals surface area contributed by atoms with Crippen molar-refractivity contribution in [1.82, 2.24) is 19.7 Å². The van der Waals surface area contributed by atoms with Crippen LogP contribution in [0.5, 0.6) is 0 Å². The summed E-state index contributed by atoms with van der Waals surface area (Å²) in [5.41, 5.74) is 1.99. The van der Waals surface area contributed by atoms with Gasteiger partial charge in [-0.15, -0.1) is 0 Å². The Bertz CT molecular complexity index is 814. The third kappa shape index (κ3) is 3.51. The van der Waals surface area contributed by atoms with Gasteiger partial charge in [0.25, 0.3) is 5.95 Å². The average molecular weight is 313 g/mol. The van der Waals surface area contributed by atoms with Gasteiger partial charge in [-0.3, -0.25) is 0 Å². The van der Waals surface area contributed by atoms with E-state index in [2.05, 4.69) is 20.4 Å². The maximum absolute atomic E-state index is 13.0. The van der Waals surface area contributed by atoms with Gasteiger partial charge in [-0.25, -0.2) is 14.1 Å². The Balaban J connectivity index is 1.98. The number of nitrogens with zero attached hydrogens (tertiary/aromatic N) is 4. The Labute approximate surface area is 132 Å². The quantitative estimate of drug-likeness (QED) is 0.774. The first-order chi connectivity index (χ1) is 11.0. The summed E-state index contributed by atoms with van der Waals surface area (Å²) in [6.07, 6.45) is 1.00. The Morgan fingerprint density at radius 1 is 1.17 bits per heavy atom. The van der Waals surface area contributed by atoms with Crippen LogP contribution >= 0.6 is 0 Å². The van der Waals surface area contributed by atoms with E-state index in [9.17, 15) is 9.50 Å². The van der Waals surface area contributed by atoms with Crippen LogP contribution in [-0.4, -0.2) is 24.9 Å². The van der Waals surface area contributed by atoms with Crippen molar-refractivity contribution < 1.29 is 9.50 Å². The molecule has 1 unspecified atom stereocenters. The fraction of sp³-hybridized carbons (Fsp3) is 0.188. The van der Waals surface area contributed by atoms with E-state index in [-0.39, 0.29) is 5.82 Å². The topological polar surface area (TPSA) is 75.9 Å². The Morgan fingerprint density at radius 3 is 2.52 bits per heavy atom. The Morgan fingerprint density at radius 2 is 1.91 bits per heavy atom. The molecule has 3 aromatic rings. The van der Waals surface area contributed by atoms with E-state index in [4.69, 9.17) is 0 Å². The molecule has 3 rings (SSSR count). The standard InChI is InChI=1S/C16H16FN5O/c1-10-7-8-22(21-10)16-19-14(11(2)23)9-15(20-16)18-13-5-3-12(17)4-6-13/h3-9,11,23H,1-2H3,(H,18,19,20). The molecule has 118 valence electrons. The van der Waals surface area contributed by atoms with Crippen molar-refractivity contribution in [3.63, 3.8) is 0 Å². The minimum atomic E-state index is -0.748. The summed E-state index contributed by atoms with van der Waals surface area (Å²) in [5, 5.41) is 17.2. The van der Waals surface area contributed by atoms with Crippen LogP contribution in [-0.2, 0) is 0 Å². The highest BCUT2D eigenvalue weighted by atomic mass is 19.1. The SMILES string of the molecule is Cc1ccn(-c2nc(Nc3ccc(F)cc3)cc(C(C)O)n2)n1. The number of hydrogen-bond acceptors (Lipinski definition) is 5. The van der Waals surface area contributed by atoms with Gasteiger partial charge in [-0.2, -0.15) is 10.1 Å². The summed E-state index contributed by atoms with van der Waals surface area (Å²) >= 11 is 0. The molecule has 23 heavy (non-hydrogen) atoms. The maximum Gasteiger partial charge on any atom is 0.252 e. The zero-order valence-electron chi connectivity index (χ0n) is 12.7. The number of hydrogen-bond donors (Lipinski definition) is 2. The van der Waals surface area contributed by atoms with Crippen molar-refractivity contribution in [2.24, 2.45) is 0 Å². The van der Waals surface area contributed by atoms with Crippen molar-refractivity contribution in [1.29, 1.82) is 0 Å². The smallest absolute Gasteiger partial charge is 0.252 e. The number of halogens is 1. The zero-order chi connectivity index (χ0) is 16.4. The van der Waals surface area contributed by atoms with Gasteiger partial charge in [0.1, 0.15) is 11.6 Å². The lowest BCUT2D eigenvalue weighted by Crippen LogP contribution is -2.08. The van der Waals surface area contributed by atoms with Crippen LogP contribution in [0, 0.1) is 12.7 Å². The van der Waals surface area contributed by atoms with Crippen LogP contribution in [0.2, 0.25) is 0 Å². The van der Waals surface area contributed by atoms with Crippen LogP contribution in [0.15, 0.2) is 42.6 Å². The molecule has 1 atom stereocenters. The molecule has 0 amide bonds. The molecule has 6 nitrogen and oxygen atoms in total.